The lowest BCUT2D eigenvalue weighted by Crippen LogP contribution is -2.31. The first kappa shape index (κ1) is 16.6. The third-order valence-electron chi connectivity index (χ3n) is 2.23. The summed E-state index contributed by atoms with van der Waals surface area (Å²) < 4.78 is 9.58. The van der Waals surface area contributed by atoms with Crippen LogP contribution in [0.3, 0.4) is 0 Å². The maximum Gasteiger partial charge on any atom is 0.340 e. The summed E-state index contributed by atoms with van der Waals surface area (Å²) in [7, 11) is 1.51. The van der Waals surface area contributed by atoms with Crippen LogP contribution in [0.15, 0.2) is 12.1 Å². The number of hydrogen-bond acceptors (Lipinski definition) is 5. The normalized spacial score (nSPS) is 10.2. The Hall–Kier alpha value is -1.50. The molecule has 0 heterocycles. The van der Waals surface area contributed by atoms with Gasteiger partial charge in [0.15, 0.2) is 6.61 Å². The van der Waals surface area contributed by atoms with E-state index in [0.29, 0.717) is 13.2 Å². The van der Waals surface area contributed by atoms with E-state index in [-0.39, 0.29) is 21.3 Å². The van der Waals surface area contributed by atoms with E-state index in [1.54, 1.807) is 0 Å². The van der Waals surface area contributed by atoms with E-state index in [1.165, 1.54) is 19.2 Å². The van der Waals surface area contributed by atoms with Gasteiger partial charge in [-0.1, -0.05) is 23.2 Å². The second kappa shape index (κ2) is 7.94. The average Bonchev–Trinajstić information content (AvgIpc) is 2.40. The number of halogens is 2. The van der Waals surface area contributed by atoms with Gasteiger partial charge in [-0.05, 0) is 12.1 Å². The van der Waals surface area contributed by atoms with Crippen LogP contribution in [0.2, 0.25) is 10.0 Å². The first-order valence-electron chi connectivity index (χ1n) is 5.63. The zero-order chi connectivity index (χ0) is 15.1. The summed E-state index contributed by atoms with van der Waals surface area (Å²) in [4.78, 5) is 23.1. The van der Waals surface area contributed by atoms with Crippen molar-refractivity contribution in [1.82, 2.24) is 5.32 Å². The van der Waals surface area contributed by atoms with Gasteiger partial charge in [0.1, 0.15) is 0 Å². The Morgan fingerprint density at radius 1 is 1.35 bits per heavy atom. The number of ether oxygens (including phenoxy) is 2. The van der Waals surface area contributed by atoms with Crippen molar-refractivity contribution in [2.45, 2.75) is 0 Å². The lowest BCUT2D eigenvalue weighted by Gasteiger charge is -2.08. The molecule has 1 aromatic rings. The van der Waals surface area contributed by atoms with E-state index >= 15 is 0 Å². The molecule has 0 aliphatic rings. The number of anilines is 1. The number of carbonyl (C=O) groups excluding carboxylic acids is 2. The van der Waals surface area contributed by atoms with Crippen LogP contribution in [0.4, 0.5) is 5.69 Å². The molecule has 0 aliphatic heterocycles. The first-order valence-corrected chi connectivity index (χ1v) is 6.38. The van der Waals surface area contributed by atoms with Crippen molar-refractivity contribution in [2.24, 2.45) is 0 Å². The number of carbonyl (C=O) groups is 2. The van der Waals surface area contributed by atoms with E-state index in [4.69, 9.17) is 38.4 Å². The number of methoxy groups -OCH3 is 1. The van der Waals surface area contributed by atoms with Crippen molar-refractivity contribution in [3.8, 4) is 0 Å². The Balaban J connectivity index is 2.57. The van der Waals surface area contributed by atoms with Crippen LogP contribution in [0, 0.1) is 0 Å². The molecule has 0 aromatic heterocycles. The average molecular weight is 321 g/mol. The summed E-state index contributed by atoms with van der Waals surface area (Å²) in [6.07, 6.45) is 0. The quantitative estimate of drug-likeness (QED) is 0.471. The molecule has 0 aliphatic carbocycles. The highest BCUT2D eigenvalue weighted by atomic mass is 35.5. The second-order valence-electron chi connectivity index (χ2n) is 3.78. The monoisotopic (exact) mass is 320 g/mol. The third kappa shape index (κ3) is 4.88. The summed E-state index contributed by atoms with van der Waals surface area (Å²) in [5.41, 5.74) is 5.85. The number of esters is 1. The van der Waals surface area contributed by atoms with Gasteiger partial charge in [0, 0.05) is 19.3 Å². The molecule has 110 valence electrons. The van der Waals surface area contributed by atoms with Gasteiger partial charge >= 0.3 is 5.97 Å². The number of hydrogen-bond donors (Lipinski definition) is 2. The first-order chi connectivity index (χ1) is 9.45. The zero-order valence-corrected chi connectivity index (χ0v) is 12.3. The lowest BCUT2D eigenvalue weighted by atomic mass is 10.2. The fraction of sp³-hybridized carbons (Fsp3) is 0.333. The Morgan fingerprint density at radius 3 is 2.70 bits per heavy atom. The van der Waals surface area contributed by atoms with Gasteiger partial charge in [-0.3, -0.25) is 4.79 Å². The molecule has 0 fully saturated rings. The predicted molar refractivity (Wildman–Crippen MR) is 76.0 cm³/mol. The van der Waals surface area contributed by atoms with Gasteiger partial charge in [0.25, 0.3) is 5.91 Å². The van der Waals surface area contributed by atoms with E-state index in [2.05, 4.69) is 5.32 Å². The Kier molecular flexibility index (Phi) is 6.57. The number of rotatable bonds is 6. The number of nitrogens with one attached hydrogen (secondary N) is 1. The molecule has 0 unspecified atom stereocenters. The smallest absolute Gasteiger partial charge is 0.340 e. The van der Waals surface area contributed by atoms with Gasteiger partial charge in [-0.25, -0.2) is 4.79 Å². The van der Waals surface area contributed by atoms with E-state index in [0.717, 1.165) is 0 Å². The SMILES string of the molecule is COCCNC(=O)COC(=O)c1cc(N)cc(Cl)c1Cl. The summed E-state index contributed by atoms with van der Waals surface area (Å²) in [5.74, 6) is -1.22. The van der Waals surface area contributed by atoms with E-state index < -0.39 is 18.5 Å². The van der Waals surface area contributed by atoms with Crippen molar-refractivity contribution >= 4 is 40.8 Å². The maximum absolute atomic E-state index is 11.8. The van der Waals surface area contributed by atoms with Gasteiger partial charge in [-0.15, -0.1) is 0 Å². The maximum atomic E-state index is 11.8. The molecule has 0 saturated carbocycles. The molecule has 0 bridgehead atoms. The Labute approximate surface area is 126 Å². The summed E-state index contributed by atoms with van der Waals surface area (Å²) in [5, 5.41) is 2.68. The van der Waals surface area contributed by atoms with Gasteiger partial charge in [0.05, 0.1) is 22.2 Å². The molecule has 6 nitrogen and oxygen atoms in total. The van der Waals surface area contributed by atoms with Crippen molar-refractivity contribution in [3.05, 3.63) is 27.7 Å². The van der Waals surface area contributed by atoms with Crippen LogP contribution < -0.4 is 11.1 Å². The van der Waals surface area contributed by atoms with Crippen LogP contribution in [0.1, 0.15) is 10.4 Å². The molecular weight excluding hydrogens is 307 g/mol. The molecule has 0 spiro atoms. The van der Waals surface area contributed by atoms with Crippen LogP contribution >= 0.6 is 23.2 Å². The third-order valence-corrected chi connectivity index (χ3v) is 3.04. The molecule has 1 amide bonds. The highest BCUT2D eigenvalue weighted by Gasteiger charge is 2.16. The fourth-order valence-corrected chi connectivity index (χ4v) is 1.73. The molecule has 1 rings (SSSR count). The molecule has 0 radical (unpaired) electrons. The predicted octanol–water partition coefficient (Wildman–Crippen LogP) is 1.49. The Bertz CT molecular complexity index is 508. The number of amides is 1. The largest absolute Gasteiger partial charge is 0.452 e. The molecule has 0 atom stereocenters. The highest BCUT2D eigenvalue weighted by Crippen LogP contribution is 2.29. The van der Waals surface area contributed by atoms with E-state index in [9.17, 15) is 9.59 Å². The van der Waals surface area contributed by atoms with Crippen molar-refractivity contribution < 1.29 is 19.1 Å². The Morgan fingerprint density at radius 2 is 2.05 bits per heavy atom. The highest BCUT2D eigenvalue weighted by molar-refractivity contribution is 6.44. The lowest BCUT2D eigenvalue weighted by molar-refractivity contribution is -0.124. The summed E-state index contributed by atoms with van der Waals surface area (Å²) in [6.45, 7) is 0.277. The van der Waals surface area contributed by atoms with Crippen molar-refractivity contribution in [3.63, 3.8) is 0 Å². The second-order valence-corrected chi connectivity index (χ2v) is 4.57. The molecule has 20 heavy (non-hydrogen) atoms. The zero-order valence-electron chi connectivity index (χ0n) is 10.7. The van der Waals surface area contributed by atoms with E-state index in [1.807, 2.05) is 0 Å². The van der Waals surface area contributed by atoms with Crippen LogP contribution in [0.25, 0.3) is 0 Å². The van der Waals surface area contributed by atoms with Crippen LogP contribution in [-0.4, -0.2) is 38.7 Å². The topological polar surface area (TPSA) is 90.6 Å². The minimum atomic E-state index is -0.772. The standard InChI is InChI=1S/C12H14Cl2N2O4/c1-19-3-2-16-10(17)6-20-12(18)8-4-7(15)5-9(13)11(8)14/h4-5H,2-3,6,15H2,1H3,(H,16,17). The number of nitrogens with two attached hydrogens (primary N) is 1. The number of benzene rings is 1. The number of nitrogen functional groups attached to an aromatic ring is 1. The van der Waals surface area contributed by atoms with Gasteiger partial charge in [0.2, 0.25) is 0 Å². The minimum absolute atomic E-state index is 0.0151. The van der Waals surface area contributed by atoms with Gasteiger partial charge in [-0.2, -0.15) is 0 Å². The van der Waals surface area contributed by atoms with Crippen LogP contribution in [-0.2, 0) is 14.3 Å². The summed E-state index contributed by atoms with van der Waals surface area (Å²) in [6, 6.07) is 2.75. The molecular formula is C12H14Cl2N2O4. The molecule has 1 aromatic carbocycles. The van der Waals surface area contributed by atoms with Crippen molar-refractivity contribution in [2.75, 3.05) is 32.6 Å². The molecule has 8 heteroatoms. The molecule has 0 saturated heterocycles. The van der Waals surface area contributed by atoms with Crippen molar-refractivity contribution in [1.29, 1.82) is 0 Å². The van der Waals surface area contributed by atoms with Gasteiger partial charge < -0.3 is 20.5 Å². The van der Waals surface area contributed by atoms with Crippen LogP contribution in [0.5, 0.6) is 0 Å². The molecule has 3 N–H and O–H groups in total. The fourth-order valence-electron chi connectivity index (χ4n) is 1.31. The summed E-state index contributed by atoms with van der Waals surface area (Å²) >= 11 is 11.7. The minimum Gasteiger partial charge on any atom is -0.452 e.